The van der Waals surface area contributed by atoms with Crippen LogP contribution in [-0.2, 0) is 16.1 Å². The van der Waals surface area contributed by atoms with Crippen LogP contribution in [0.3, 0.4) is 0 Å². The zero-order valence-electron chi connectivity index (χ0n) is 18.7. The van der Waals surface area contributed by atoms with Crippen LogP contribution in [0.25, 0.3) is 0 Å². The summed E-state index contributed by atoms with van der Waals surface area (Å²) < 4.78 is 10.6. The highest BCUT2D eigenvalue weighted by Crippen LogP contribution is 2.27. The number of hydrogen-bond donors (Lipinski definition) is 1. The molecule has 8 heteroatoms. The average molecular weight is 438 g/mol. The van der Waals surface area contributed by atoms with E-state index in [1.165, 1.54) is 20.1 Å². The zero-order chi connectivity index (χ0) is 23.6. The molecular formula is C24H26N2O6. The van der Waals surface area contributed by atoms with Gasteiger partial charge in [0.05, 0.1) is 24.8 Å². The fourth-order valence-corrected chi connectivity index (χ4v) is 3.33. The Morgan fingerprint density at radius 3 is 2.16 bits per heavy atom. The zero-order valence-corrected chi connectivity index (χ0v) is 18.7. The summed E-state index contributed by atoms with van der Waals surface area (Å²) in [6, 6.07) is 11.3. The van der Waals surface area contributed by atoms with Crippen molar-refractivity contribution in [2.45, 2.75) is 45.9 Å². The van der Waals surface area contributed by atoms with Crippen molar-refractivity contribution in [1.82, 2.24) is 10.2 Å². The second-order valence-electron chi connectivity index (χ2n) is 8.56. The summed E-state index contributed by atoms with van der Waals surface area (Å²) in [5, 5.41) is 2.75. The lowest BCUT2D eigenvalue weighted by molar-refractivity contribution is -0.130. The molecule has 0 radical (unpaired) electrons. The van der Waals surface area contributed by atoms with Crippen LogP contribution in [0, 0.1) is 0 Å². The molecule has 0 bridgehead atoms. The van der Waals surface area contributed by atoms with E-state index in [-0.39, 0.29) is 17.9 Å². The average Bonchev–Trinajstić information content (AvgIpc) is 2.97. The summed E-state index contributed by atoms with van der Waals surface area (Å²) in [5.41, 5.74) is 0.867. The minimum atomic E-state index is -1.02. The lowest BCUT2D eigenvalue weighted by atomic mass is 10.1. The molecule has 1 aliphatic heterocycles. The first kappa shape index (κ1) is 23.0. The molecule has 1 aliphatic rings. The molecule has 3 rings (SSSR count). The normalized spacial score (nSPS) is 14.1. The first-order chi connectivity index (χ1) is 15.0. The Labute approximate surface area is 186 Å². The number of rotatable bonds is 6. The molecule has 168 valence electrons. The minimum absolute atomic E-state index is 0.0172. The summed E-state index contributed by atoms with van der Waals surface area (Å²) in [5.74, 6) is -1.70. The maximum absolute atomic E-state index is 12.8. The van der Waals surface area contributed by atoms with E-state index < -0.39 is 35.3 Å². The predicted octanol–water partition coefficient (Wildman–Crippen LogP) is 2.95. The highest BCUT2D eigenvalue weighted by Gasteiger charge is 2.35. The smallest absolute Gasteiger partial charge is 0.342 e. The number of imide groups is 1. The number of amides is 3. The largest absolute Gasteiger partial charge is 0.496 e. The third-order valence-corrected chi connectivity index (χ3v) is 4.85. The van der Waals surface area contributed by atoms with Crippen LogP contribution in [0.5, 0.6) is 5.75 Å². The van der Waals surface area contributed by atoms with Gasteiger partial charge in [0.2, 0.25) is 0 Å². The lowest BCUT2D eigenvalue weighted by Crippen LogP contribution is -2.46. The quantitative estimate of drug-likeness (QED) is 0.550. The van der Waals surface area contributed by atoms with E-state index in [2.05, 4.69) is 5.32 Å². The van der Waals surface area contributed by atoms with Crippen molar-refractivity contribution in [3.8, 4) is 5.75 Å². The Kier molecular flexibility index (Phi) is 6.34. The SMILES string of the molecule is COc1ccc(CN2C(=O)c3ccccc3C2=O)cc1C(=O)OC(C)C(=O)NC(C)(C)C. The van der Waals surface area contributed by atoms with E-state index in [1.54, 1.807) is 36.4 Å². The van der Waals surface area contributed by atoms with Crippen LogP contribution >= 0.6 is 0 Å². The standard InChI is InChI=1S/C24H26N2O6/c1-14(20(27)25-24(2,3)4)32-23(30)18-12-15(10-11-19(18)31-5)13-26-21(28)16-8-6-7-9-17(16)22(26)29/h6-12,14H,13H2,1-5H3,(H,25,27). The number of carbonyl (C=O) groups excluding carboxylic acids is 4. The molecule has 1 atom stereocenters. The Hall–Kier alpha value is -3.68. The Balaban J connectivity index is 1.79. The Morgan fingerprint density at radius 1 is 1.03 bits per heavy atom. The highest BCUT2D eigenvalue weighted by atomic mass is 16.5. The van der Waals surface area contributed by atoms with Crippen LogP contribution in [-0.4, -0.2) is 47.3 Å². The molecule has 2 aromatic rings. The van der Waals surface area contributed by atoms with Gasteiger partial charge in [0.1, 0.15) is 11.3 Å². The number of esters is 1. The van der Waals surface area contributed by atoms with E-state index in [1.807, 2.05) is 20.8 Å². The number of fused-ring (bicyclic) bond motifs is 1. The van der Waals surface area contributed by atoms with Gasteiger partial charge < -0.3 is 14.8 Å². The summed E-state index contributed by atoms with van der Waals surface area (Å²) in [7, 11) is 1.41. The van der Waals surface area contributed by atoms with Crippen molar-refractivity contribution in [2.24, 2.45) is 0 Å². The van der Waals surface area contributed by atoms with Crippen LogP contribution in [0.1, 0.15) is 64.3 Å². The van der Waals surface area contributed by atoms with Gasteiger partial charge in [-0.2, -0.15) is 0 Å². The molecule has 0 aromatic heterocycles. The molecule has 8 nitrogen and oxygen atoms in total. The number of ether oxygens (including phenoxy) is 2. The number of methoxy groups -OCH3 is 1. The van der Waals surface area contributed by atoms with Crippen molar-refractivity contribution < 1.29 is 28.7 Å². The second kappa shape index (κ2) is 8.82. The topological polar surface area (TPSA) is 102 Å². The predicted molar refractivity (Wildman–Crippen MR) is 116 cm³/mol. The van der Waals surface area contributed by atoms with Crippen LogP contribution in [0.15, 0.2) is 42.5 Å². The molecule has 0 saturated carbocycles. The van der Waals surface area contributed by atoms with Crippen LogP contribution in [0.2, 0.25) is 0 Å². The van der Waals surface area contributed by atoms with Gasteiger partial charge in [-0.25, -0.2) is 4.79 Å². The number of nitrogens with one attached hydrogen (secondary N) is 1. The Bertz CT molecular complexity index is 1050. The van der Waals surface area contributed by atoms with Gasteiger partial charge >= 0.3 is 5.97 Å². The van der Waals surface area contributed by atoms with Crippen LogP contribution < -0.4 is 10.1 Å². The van der Waals surface area contributed by atoms with Gasteiger partial charge in [-0.15, -0.1) is 0 Å². The van der Waals surface area contributed by atoms with Gasteiger partial charge in [0.15, 0.2) is 6.10 Å². The number of carbonyl (C=O) groups is 4. The van der Waals surface area contributed by atoms with Crippen molar-refractivity contribution >= 4 is 23.7 Å². The molecule has 1 heterocycles. The van der Waals surface area contributed by atoms with Gasteiger partial charge in [0, 0.05) is 5.54 Å². The van der Waals surface area contributed by atoms with Crippen LogP contribution in [0.4, 0.5) is 0 Å². The highest BCUT2D eigenvalue weighted by molar-refractivity contribution is 6.21. The molecule has 0 spiro atoms. The fourth-order valence-electron chi connectivity index (χ4n) is 3.33. The Morgan fingerprint density at radius 2 is 1.62 bits per heavy atom. The molecule has 2 aromatic carbocycles. The van der Waals surface area contributed by atoms with Crippen molar-refractivity contribution in [3.63, 3.8) is 0 Å². The van der Waals surface area contributed by atoms with E-state index in [0.29, 0.717) is 16.7 Å². The van der Waals surface area contributed by atoms with E-state index in [0.717, 1.165) is 4.90 Å². The summed E-state index contributed by atoms with van der Waals surface area (Å²) in [6.45, 7) is 6.94. The fraction of sp³-hybridized carbons (Fsp3) is 0.333. The molecule has 0 saturated heterocycles. The number of hydrogen-bond acceptors (Lipinski definition) is 6. The number of nitrogens with zero attached hydrogens (tertiary/aromatic N) is 1. The van der Waals surface area contributed by atoms with E-state index in [9.17, 15) is 19.2 Å². The van der Waals surface area contributed by atoms with Crippen molar-refractivity contribution in [3.05, 3.63) is 64.7 Å². The third kappa shape index (κ3) is 4.80. The molecule has 0 fully saturated rings. The van der Waals surface area contributed by atoms with E-state index >= 15 is 0 Å². The van der Waals surface area contributed by atoms with Gasteiger partial charge in [-0.05, 0) is 57.5 Å². The molecule has 3 amide bonds. The first-order valence-corrected chi connectivity index (χ1v) is 10.2. The van der Waals surface area contributed by atoms with Gasteiger partial charge in [-0.1, -0.05) is 18.2 Å². The molecule has 32 heavy (non-hydrogen) atoms. The third-order valence-electron chi connectivity index (χ3n) is 4.85. The second-order valence-corrected chi connectivity index (χ2v) is 8.56. The monoisotopic (exact) mass is 438 g/mol. The molecular weight excluding hydrogens is 412 g/mol. The van der Waals surface area contributed by atoms with Gasteiger partial charge in [0.25, 0.3) is 17.7 Å². The maximum Gasteiger partial charge on any atom is 0.342 e. The van der Waals surface area contributed by atoms with Crippen molar-refractivity contribution in [2.75, 3.05) is 7.11 Å². The molecule has 1 unspecified atom stereocenters. The van der Waals surface area contributed by atoms with E-state index in [4.69, 9.17) is 9.47 Å². The van der Waals surface area contributed by atoms with Gasteiger partial charge in [-0.3, -0.25) is 19.3 Å². The maximum atomic E-state index is 12.8. The summed E-state index contributed by atoms with van der Waals surface area (Å²) >= 11 is 0. The number of benzene rings is 2. The summed E-state index contributed by atoms with van der Waals surface area (Å²) in [6.07, 6.45) is -1.02. The minimum Gasteiger partial charge on any atom is -0.496 e. The molecule has 0 aliphatic carbocycles. The first-order valence-electron chi connectivity index (χ1n) is 10.2. The summed E-state index contributed by atoms with van der Waals surface area (Å²) in [4.78, 5) is 51.4. The van der Waals surface area contributed by atoms with Crippen molar-refractivity contribution in [1.29, 1.82) is 0 Å². The lowest BCUT2D eigenvalue weighted by Gasteiger charge is -2.23. The molecule has 1 N–H and O–H groups in total.